The van der Waals surface area contributed by atoms with Crippen LogP contribution in [0.2, 0.25) is 0 Å². The molecule has 23 heavy (non-hydrogen) atoms. The second kappa shape index (κ2) is 21.3. The van der Waals surface area contributed by atoms with Gasteiger partial charge in [-0.25, -0.2) is 0 Å². The predicted molar refractivity (Wildman–Crippen MR) is 105 cm³/mol. The van der Waals surface area contributed by atoms with Crippen LogP contribution < -0.4 is 0 Å². The first-order valence-corrected chi connectivity index (χ1v) is 10.3. The van der Waals surface area contributed by atoms with Crippen molar-refractivity contribution in [3.05, 3.63) is 24.5 Å². The van der Waals surface area contributed by atoms with Crippen molar-refractivity contribution in [2.75, 3.05) is 6.61 Å². The molecule has 0 aliphatic heterocycles. The van der Waals surface area contributed by atoms with E-state index in [4.69, 9.17) is 4.74 Å². The van der Waals surface area contributed by atoms with E-state index >= 15 is 0 Å². The van der Waals surface area contributed by atoms with Crippen molar-refractivity contribution in [3.63, 3.8) is 0 Å². The minimum Gasteiger partial charge on any atom is -0.502 e. The molecule has 0 unspecified atom stereocenters. The number of unbranched alkanes of at least 4 members (excludes halogenated alkanes) is 13. The smallest absolute Gasteiger partial charge is 0.0873 e. The number of allylic oxidation sites excluding steroid dienone is 3. The Morgan fingerprint density at radius 1 is 0.609 bits per heavy atom. The molecule has 1 heteroatoms. The Balaban J connectivity index is 3.06. The third kappa shape index (κ3) is 21.3. The van der Waals surface area contributed by atoms with E-state index in [2.05, 4.69) is 32.1 Å². The average Bonchev–Trinajstić information content (AvgIpc) is 2.57. The van der Waals surface area contributed by atoms with Crippen molar-refractivity contribution in [1.29, 1.82) is 0 Å². The first-order chi connectivity index (χ1) is 11.4. The highest BCUT2D eigenvalue weighted by Crippen LogP contribution is 2.09. The van der Waals surface area contributed by atoms with Crippen molar-refractivity contribution in [3.8, 4) is 0 Å². The summed E-state index contributed by atoms with van der Waals surface area (Å²) in [7, 11) is 0. The Bertz CT molecular complexity index is 255. The summed E-state index contributed by atoms with van der Waals surface area (Å²) in [5, 5.41) is 0. The monoisotopic (exact) mass is 322 g/mol. The maximum Gasteiger partial charge on any atom is 0.0873 e. The van der Waals surface area contributed by atoms with Crippen LogP contribution in [0, 0.1) is 0 Å². The second-order valence-electron chi connectivity index (χ2n) is 6.63. The van der Waals surface area contributed by atoms with E-state index in [0.717, 1.165) is 6.61 Å². The van der Waals surface area contributed by atoms with Gasteiger partial charge in [0.05, 0.1) is 12.9 Å². The van der Waals surface area contributed by atoms with E-state index in [0.29, 0.717) is 0 Å². The largest absolute Gasteiger partial charge is 0.502 e. The Morgan fingerprint density at radius 2 is 1.13 bits per heavy atom. The van der Waals surface area contributed by atoms with Crippen molar-refractivity contribution >= 4 is 0 Å². The molecule has 0 heterocycles. The Hall–Kier alpha value is -0.720. The molecule has 0 spiro atoms. The number of hydrogen-bond donors (Lipinski definition) is 0. The summed E-state index contributed by atoms with van der Waals surface area (Å²) < 4.78 is 5.56. The van der Waals surface area contributed by atoms with Crippen LogP contribution in [-0.2, 0) is 4.74 Å². The lowest BCUT2D eigenvalue weighted by Crippen LogP contribution is -1.88. The average molecular weight is 323 g/mol. The summed E-state index contributed by atoms with van der Waals surface area (Å²) in [5.41, 5.74) is 0. The van der Waals surface area contributed by atoms with Crippen molar-refractivity contribution in [2.45, 2.75) is 110 Å². The van der Waals surface area contributed by atoms with E-state index in [1.807, 2.05) is 6.26 Å². The van der Waals surface area contributed by atoms with Gasteiger partial charge in [-0.15, -0.1) is 0 Å². The summed E-state index contributed by atoms with van der Waals surface area (Å²) in [4.78, 5) is 0. The zero-order valence-corrected chi connectivity index (χ0v) is 16.0. The highest BCUT2D eigenvalue weighted by Gasteiger charge is 1.91. The van der Waals surface area contributed by atoms with Crippen LogP contribution in [0.15, 0.2) is 24.5 Å². The Kier molecular flexibility index (Phi) is 20.6. The fourth-order valence-electron chi connectivity index (χ4n) is 2.74. The molecule has 0 saturated heterocycles. The normalized spacial score (nSPS) is 11.7. The van der Waals surface area contributed by atoms with Gasteiger partial charge in [0, 0.05) is 0 Å². The Morgan fingerprint density at radius 3 is 1.74 bits per heavy atom. The number of hydrogen-bond acceptors (Lipinski definition) is 1. The fraction of sp³-hybridized carbons (Fsp3) is 0.818. The quantitative estimate of drug-likeness (QED) is 0.141. The van der Waals surface area contributed by atoms with Gasteiger partial charge in [-0.1, -0.05) is 83.3 Å². The zero-order chi connectivity index (χ0) is 16.8. The molecule has 0 saturated carbocycles. The van der Waals surface area contributed by atoms with E-state index in [1.54, 1.807) is 0 Å². The minimum atomic E-state index is 0.899. The molecule has 0 aliphatic rings. The third-order valence-corrected chi connectivity index (χ3v) is 4.29. The topological polar surface area (TPSA) is 9.23 Å². The van der Waals surface area contributed by atoms with E-state index in [9.17, 15) is 0 Å². The molecule has 0 N–H and O–H groups in total. The predicted octanol–water partition coefficient (Wildman–Crippen LogP) is 7.96. The van der Waals surface area contributed by atoms with E-state index in [-0.39, 0.29) is 0 Å². The molecule has 0 fully saturated rings. The molecule has 0 atom stereocenters. The van der Waals surface area contributed by atoms with Crippen LogP contribution in [-0.4, -0.2) is 6.61 Å². The van der Waals surface area contributed by atoms with Gasteiger partial charge in [0.15, 0.2) is 0 Å². The van der Waals surface area contributed by atoms with Crippen LogP contribution in [0.1, 0.15) is 110 Å². The van der Waals surface area contributed by atoms with Gasteiger partial charge in [0.25, 0.3) is 0 Å². The highest BCUT2D eigenvalue weighted by atomic mass is 16.5. The van der Waals surface area contributed by atoms with E-state index < -0.39 is 0 Å². The van der Waals surface area contributed by atoms with Crippen LogP contribution in [0.3, 0.4) is 0 Å². The van der Waals surface area contributed by atoms with Gasteiger partial charge in [-0.05, 0) is 45.1 Å². The van der Waals surface area contributed by atoms with Gasteiger partial charge < -0.3 is 4.74 Å². The maximum atomic E-state index is 5.56. The maximum absolute atomic E-state index is 5.56. The molecule has 0 rings (SSSR count). The second-order valence-corrected chi connectivity index (χ2v) is 6.63. The van der Waals surface area contributed by atoms with Crippen LogP contribution in [0.5, 0.6) is 0 Å². The summed E-state index contributed by atoms with van der Waals surface area (Å²) in [6.45, 7) is 5.27. The SMILES string of the molecule is CC=CCCCCCCCC=COCCCCCCCCCC. The minimum absolute atomic E-state index is 0.899. The zero-order valence-electron chi connectivity index (χ0n) is 16.0. The van der Waals surface area contributed by atoms with Crippen LogP contribution in [0.4, 0.5) is 0 Å². The number of ether oxygens (including phenoxy) is 1. The molecular weight excluding hydrogens is 280 g/mol. The number of rotatable bonds is 18. The van der Waals surface area contributed by atoms with Gasteiger partial charge >= 0.3 is 0 Å². The third-order valence-electron chi connectivity index (χ3n) is 4.29. The molecule has 0 amide bonds. The van der Waals surface area contributed by atoms with E-state index in [1.165, 1.54) is 96.3 Å². The molecule has 136 valence electrons. The van der Waals surface area contributed by atoms with Gasteiger partial charge in [-0.2, -0.15) is 0 Å². The molecular formula is C22H42O. The molecule has 0 aromatic carbocycles. The Labute approximate surface area is 146 Å². The standard InChI is InChI=1S/C22H42O/c1-3-5-7-9-11-13-14-16-18-20-22-23-21-19-17-15-12-10-8-6-4-2/h3,5,20,22H,4,6-19,21H2,1-2H3. The van der Waals surface area contributed by atoms with Crippen LogP contribution >= 0.6 is 0 Å². The lowest BCUT2D eigenvalue weighted by molar-refractivity contribution is 0.239. The first-order valence-electron chi connectivity index (χ1n) is 10.3. The van der Waals surface area contributed by atoms with Crippen molar-refractivity contribution < 1.29 is 4.74 Å². The highest BCUT2D eigenvalue weighted by molar-refractivity contribution is 4.76. The summed E-state index contributed by atoms with van der Waals surface area (Å²) in [6.07, 6.45) is 28.7. The van der Waals surface area contributed by atoms with Gasteiger partial charge in [0.1, 0.15) is 0 Å². The summed E-state index contributed by atoms with van der Waals surface area (Å²) >= 11 is 0. The summed E-state index contributed by atoms with van der Waals surface area (Å²) in [6, 6.07) is 0. The lowest BCUT2D eigenvalue weighted by atomic mass is 10.1. The first kappa shape index (κ1) is 22.3. The molecule has 0 radical (unpaired) electrons. The fourth-order valence-corrected chi connectivity index (χ4v) is 2.74. The lowest BCUT2D eigenvalue weighted by Gasteiger charge is -2.02. The van der Waals surface area contributed by atoms with Crippen molar-refractivity contribution in [1.82, 2.24) is 0 Å². The van der Waals surface area contributed by atoms with Gasteiger partial charge in [0.2, 0.25) is 0 Å². The molecule has 0 aliphatic carbocycles. The molecule has 0 aromatic heterocycles. The molecule has 1 nitrogen and oxygen atoms in total. The summed E-state index contributed by atoms with van der Waals surface area (Å²) in [5.74, 6) is 0. The van der Waals surface area contributed by atoms with Crippen LogP contribution in [0.25, 0.3) is 0 Å². The van der Waals surface area contributed by atoms with Gasteiger partial charge in [-0.3, -0.25) is 0 Å². The molecule has 0 bridgehead atoms. The van der Waals surface area contributed by atoms with Crippen molar-refractivity contribution in [2.24, 2.45) is 0 Å². The molecule has 0 aromatic rings.